The van der Waals surface area contributed by atoms with Crippen molar-refractivity contribution < 1.29 is 19.1 Å². The Hall–Kier alpha value is -3.12. The number of aryl methyl sites for hydroxylation is 2. The number of furan rings is 1. The second-order valence-electron chi connectivity index (χ2n) is 7.14. The van der Waals surface area contributed by atoms with Crippen molar-refractivity contribution in [1.29, 1.82) is 0 Å². The van der Waals surface area contributed by atoms with Crippen LogP contribution in [0, 0.1) is 6.92 Å². The molecule has 152 valence electrons. The second-order valence-corrected chi connectivity index (χ2v) is 8.06. The maximum atomic E-state index is 13.0. The van der Waals surface area contributed by atoms with E-state index in [1.165, 1.54) is 4.90 Å². The Morgan fingerprint density at radius 3 is 2.27 bits per heavy atom. The Balaban J connectivity index is 1.90. The van der Waals surface area contributed by atoms with Crippen molar-refractivity contribution in [1.82, 2.24) is 0 Å². The van der Waals surface area contributed by atoms with Crippen LogP contribution in [0.1, 0.15) is 35.6 Å². The molecule has 0 spiro atoms. The van der Waals surface area contributed by atoms with E-state index in [9.17, 15) is 14.7 Å². The molecule has 1 aliphatic rings. The summed E-state index contributed by atoms with van der Waals surface area (Å²) in [4.78, 5) is 27.5. The normalized spacial score (nSPS) is 18.2. The highest BCUT2D eigenvalue weighted by Gasteiger charge is 2.48. The lowest BCUT2D eigenvalue weighted by molar-refractivity contribution is -0.132. The third kappa shape index (κ3) is 3.48. The van der Waals surface area contributed by atoms with E-state index in [0.29, 0.717) is 22.8 Å². The van der Waals surface area contributed by atoms with Gasteiger partial charge in [0, 0.05) is 15.7 Å². The van der Waals surface area contributed by atoms with Crippen LogP contribution in [-0.2, 0) is 16.0 Å². The average Bonchev–Trinajstić information content (AvgIpc) is 3.29. The molecule has 1 unspecified atom stereocenters. The fourth-order valence-corrected chi connectivity index (χ4v) is 3.89. The molecule has 1 N–H and O–H groups in total. The number of carbonyl (C=O) groups excluding carboxylic acids is 2. The minimum absolute atomic E-state index is 0.0104. The van der Waals surface area contributed by atoms with E-state index in [1.807, 2.05) is 31.2 Å². The first kappa shape index (κ1) is 20.2. The van der Waals surface area contributed by atoms with Crippen LogP contribution in [0.3, 0.4) is 0 Å². The summed E-state index contributed by atoms with van der Waals surface area (Å²) in [5, 5.41) is 11.0. The van der Waals surface area contributed by atoms with Gasteiger partial charge >= 0.3 is 0 Å². The van der Waals surface area contributed by atoms with Gasteiger partial charge in [0.15, 0.2) is 0 Å². The standard InChI is InChI=1S/C24H20BrNO4/c1-3-15-5-11-18(12-6-15)26-21(19-13-4-14(2)30-19)20(23(28)24(26)29)22(27)16-7-9-17(25)10-8-16/h4-13,21,27H,3H2,1-2H3/b22-20-. The summed E-state index contributed by atoms with van der Waals surface area (Å²) in [5.41, 5.74) is 2.15. The number of aliphatic hydroxyl groups excluding tert-OH is 1. The highest BCUT2D eigenvalue weighted by molar-refractivity contribution is 9.10. The first-order chi connectivity index (χ1) is 14.4. The summed E-state index contributed by atoms with van der Waals surface area (Å²) >= 11 is 3.36. The van der Waals surface area contributed by atoms with Crippen molar-refractivity contribution in [2.75, 3.05) is 4.90 Å². The number of rotatable bonds is 4. The van der Waals surface area contributed by atoms with E-state index >= 15 is 0 Å². The molecule has 5 nitrogen and oxygen atoms in total. The average molecular weight is 466 g/mol. The summed E-state index contributed by atoms with van der Waals surface area (Å²) in [6.07, 6.45) is 0.865. The zero-order valence-corrected chi connectivity index (χ0v) is 18.1. The molecule has 0 bridgehead atoms. The topological polar surface area (TPSA) is 70.8 Å². The predicted molar refractivity (Wildman–Crippen MR) is 118 cm³/mol. The van der Waals surface area contributed by atoms with Crippen molar-refractivity contribution in [3.8, 4) is 0 Å². The Kier molecular flexibility index (Phi) is 5.35. The zero-order valence-electron chi connectivity index (χ0n) is 16.6. The molecule has 0 radical (unpaired) electrons. The van der Waals surface area contributed by atoms with Gasteiger partial charge in [0.25, 0.3) is 11.7 Å². The lowest BCUT2D eigenvalue weighted by Gasteiger charge is -2.23. The minimum atomic E-state index is -0.852. The van der Waals surface area contributed by atoms with Crippen LogP contribution in [0.4, 0.5) is 5.69 Å². The second kappa shape index (κ2) is 7.95. The fraction of sp³-hybridized carbons (Fsp3) is 0.167. The van der Waals surface area contributed by atoms with Gasteiger partial charge in [-0.25, -0.2) is 0 Å². The highest BCUT2D eigenvalue weighted by atomic mass is 79.9. The number of halogens is 1. The smallest absolute Gasteiger partial charge is 0.300 e. The van der Waals surface area contributed by atoms with Gasteiger partial charge in [-0.3, -0.25) is 14.5 Å². The lowest BCUT2D eigenvalue weighted by Crippen LogP contribution is -2.29. The van der Waals surface area contributed by atoms with Gasteiger partial charge in [-0.2, -0.15) is 0 Å². The van der Waals surface area contributed by atoms with Crippen molar-refractivity contribution in [2.45, 2.75) is 26.3 Å². The fourth-order valence-electron chi connectivity index (χ4n) is 3.62. The number of Topliss-reactive ketones (excluding diaryl/α,β-unsaturated/α-hetero) is 1. The van der Waals surface area contributed by atoms with E-state index in [4.69, 9.17) is 4.42 Å². The van der Waals surface area contributed by atoms with Crippen molar-refractivity contribution in [3.63, 3.8) is 0 Å². The summed E-state index contributed by atoms with van der Waals surface area (Å²) in [6, 6.07) is 17.0. The Bertz CT molecular complexity index is 1140. The Morgan fingerprint density at radius 1 is 1.03 bits per heavy atom. The largest absolute Gasteiger partial charge is 0.507 e. The van der Waals surface area contributed by atoms with Crippen LogP contribution in [0.5, 0.6) is 0 Å². The molecular weight excluding hydrogens is 446 g/mol. The van der Waals surface area contributed by atoms with Crippen molar-refractivity contribution in [3.05, 3.63) is 93.4 Å². The van der Waals surface area contributed by atoms with Crippen LogP contribution >= 0.6 is 15.9 Å². The van der Waals surface area contributed by atoms with Crippen LogP contribution in [0.2, 0.25) is 0 Å². The molecule has 0 aliphatic carbocycles. The Labute approximate surface area is 182 Å². The van der Waals surface area contributed by atoms with Crippen LogP contribution in [-0.4, -0.2) is 16.8 Å². The molecule has 1 amide bonds. The summed E-state index contributed by atoms with van der Waals surface area (Å²) < 4.78 is 6.64. The first-order valence-corrected chi connectivity index (χ1v) is 10.4. The van der Waals surface area contributed by atoms with E-state index in [2.05, 4.69) is 15.9 Å². The van der Waals surface area contributed by atoms with E-state index in [-0.39, 0.29) is 11.3 Å². The SMILES string of the molecule is CCc1ccc(N2C(=O)C(=O)/C(=C(\O)c3ccc(Br)cc3)C2c2ccc(C)o2)cc1. The van der Waals surface area contributed by atoms with Crippen LogP contribution in [0.15, 0.2) is 75.1 Å². The van der Waals surface area contributed by atoms with E-state index in [0.717, 1.165) is 16.5 Å². The van der Waals surface area contributed by atoms with Gasteiger partial charge < -0.3 is 9.52 Å². The molecule has 3 aromatic rings. The molecule has 1 aromatic heterocycles. The van der Waals surface area contributed by atoms with Gasteiger partial charge in [-0.1, -0.05) is 47.1 Å². The lowest BCUT2D eigenvalue weighted by atomic mass is 9.99. The molecule has 6 heteroatoms. The molecule has 1 atom stereocenters. The molecule has 1 fully saturated rings. The molecule has 1 aliphatic heterocycles. The van der Waals surface area contributed by atoms with Crippen molar-refractivity contribution >= 4 is 39.1 Å². The number of carbonyl (C=O) groups is 2. The maximum absolute atomic E-state index is 13.0. The molecule has 1 saturated heterocycles. The van der Waals surface area contributed by atoms with E-state index < -0.39 is 17.7 Å². The molecule has 2 aromatic carbocycles. The first-order valence-electron chi connectivity index (χ1n) is 9.63. The van der Waals surface area contributed by atoms with Gasteiger partial charge in [-0.15, -0.1) is 0 Å². The summed E-state index contributed by atoms with van der Waals surface area (Å²) in [7, 11) is 0. The van der Waals surface area contributed by atoms with Gasteiger partial charge in [0.1, 0.15) is 23.3 Å². The third-order valence-corrected chi connectivity index (χ3v) is 5.74. The number of hydrogen-bond acceptors (Lipinski definition) is 4. The van der Waals surface area contributed by atoms with Gasteiger partial charge in [0.2, 0.25) is 0 Å². The van der Waals surface area contributed by atoms with Crippen LogP contribution in [0.25, 0.3) is 5.76 Å². The number of anilines is 1. The Morgan fingerprint density at radius 2 is 1.70 bits per heavy atom. The molecular formula is C24H20BrNO4. The van der Waals surface area contributed by atoms with Gasteiger partial charge in [0.05, 0.1) is 5.57 Å². The molecule has 30 heavy (non-hydrogen) atoms. The van der Waals surface area contributed by atoms with E-state index in [1.54, 1.807) is 43.3 Å². The number of aliphatic hydroxyl groups is 1. The van der Waals surface area contributed by atoms with Crippen molar-refractivity contribution in [2.24, 2.45) is 0 Å². The maximum Gasteiger partial charge on any atom is 0.300 e. The number of benzene rings is 2. The molecule has 2 heterocycles. The third-order valence-electron chi connectivity index (χ3n) is 5.22. The quantitative estimate of drug-likeness (QED) is 0.312. The van der Waals surface area contributed by atoms with Crippen LogP contribution < -0.4 is 4.90 Å². The zero-order chi connectivity index (χ0) is 21.4. The summed E-state index contributed by atoms with van der Waals surface area (Å²) in [6.45, 7) is 3.84. The molecule has 0 saturated carbocycles. The number of hydrogen-bond donors (Lipinski definition) is 1. The van der Waals surface area contributed by atoms with Gasteiger partial charge in [-0.05, 0) is 55.3 Å². The monoisotopic (exact) mass is 465 g/mol. The number of ketones is 1. The number of nitrogens with zero attached hydrogens (tertiary/aromatic N) is 1. The predicted octanol–water partition coefficient (Wildman–Crippen LogP) is 5.54. The highest BCUT2D eigenvalue weighted by Crippen LogP contribution is 2.42. The number of amides is 1. The minimum Gasteiger partial charge on any atom is -0.507 e. The molecule has 4 rings (SSSR count). The summed E-state index contributed by atoms with van der Waals surface area (Å²) in [5.74, 6) is -0.593.